The van der Waals surface area contributed by atoms with Crippen LogP contribution < -0.4 is 5.73 Å². The van der Waals surface area contributed by atoms with E-state index < -0.39 is 11.9 Å². The number of nitrogen functional groups attached to an aromatic ring is 1. The minimum Gasteiger partial charge on any atom is -0.382 e. The van der Waals surface area contributed by atoms with Gasteiger partial charge in [-0.05, 0) is 12.1 Å². The van der Waals surface area contributed by atoms with Crippen LogP contribution in [0.2, 0.25) is 0 Å². The molecule has 3 heterocycles. The Balaban J connectivity index is 2.01. The maximum atomic E-state index is 12.5. The van der Waals surface area contributed by atoms with Crippen LogP contribution in [0.3, 0.4) is 0 Å². The Bertz CT molecular complexity index is 838. The summed E-state index contributed by atoms with van der Waals surface area (Å²) in [6.07, 6.45) is 1.31. The van der Waals surface area contributed by atoms with Gasteiger partial charge in [-0.2, -0.15) is 18.3 Å². The largest absolute Gasteiger partial charge is 0.433 e. The van der Waals surface area contributed by atoms with E-state index in [1.807, 2.05) is 0 Å². The highest BCUT2D eigenvalue weighted by Crippen LogP contribution is 2.29. The third-order valence-corrected chi connectivity index (χ3v) is 3.13. The van der Waals surface area contributed by atoms with Gasteiger partial charge in [-0.1, -0.05) is 0 Å². The molecule has 3 rings (SSSR count). The summed E-state index contributed by atoms with van der Waals surface area (Å²) in [6.45, 7) is 0. The van der Waals surface area contributed by atoms with Crippen LogP contribution in [0.4, 0.5) is 19.0 Å². The van der Waals surface area contributed by atoms with Crippen LogP contribution in [0, 0.1) is 0 Å². The third kappa shape index (κ3) is 2.98. The molecule has 0 radical (unpaired) electrons. The summed E-state index contributed by atoms with van der Waals surface area (Å²) in [4.78, 5) is 11.8. The van der Waals surface area contributed by atoms with E-state index in [4.69, 9.17) is 5.73 Å². The first-order valence-electron chi connectivity index (χ1n) is 6.50. The molecule has 3 aromatic rings. The van der Waals surface area contributed by atoms with E-state index in [0.717, 1.165) is 12.3 Å². The van der Waals surface area contributed by atoms with Crippen molar-refractivity contribution in [1.82, 2.24) is 24.7 Å². The second-order valence-corrected chi connectivity index (χ2v) is 4.82. The van der Waals surface area contributed by atoms with Crippen LogP contribution in [0.1, 0.15) is 5.69 Å². The number of hydrogen-bond acceptors (Lipinski definition) is 5. The maximum absolute atomic E-state index is 12.5. The van der Waals surface area contributed by atoms with Crippen molar-refractivity contribution >= 4 is 5.82 Å². The number of aryl methyl sites for hydroxylation is 1. The molecule has 0 fully saturated rings. The first-order valence-corrected chi connectivity index (χ1v) is 6.50. The summed E-state index contributed by atoms with van der Waals surface area (Å²) >= 11 is 0. The van der Waals surface area contributed by atoms with Gasteiger partial charge in [0.15, 0.2) is 0 Å². The quantitative estimate of drug-likeness (QED) is 0.784. The minimum atomic E-state index is -4.48. The van der Waals surface area contributed by atoms with Gasteiger partial charge >= 0.3 is 6.18 Å². The summed E-state index contributed by atoms with van der Waals surface area (Å²) in [7, 11) is 1.75. The summed E-state index contributed by atoms with van der Waals surface area (Å²) in [6, 6.07) is 2.19. The number of nitrogens with zero attached hydrogens (tertiary/aromatic N) is 5. The van der Waals surface area contributed by atoms with Gasteiger partial charge in [0.05, 0.1) is 18.1 Å². The van der Waals surface area contributed by atoms with Crippen molar-refractivity contribution in [1.29, 1.82) is 0 Å². The van der Waals surface area contributed by atoms with E-state index in [1.54, 1.807) is 24.1 Å². The topological polar surface area (TPSA) is 82.5 Å². The lowest BCUT2D eigenvalue weighted by Crippen LogP contribution is -2.07. The Kier molecular flexibility index (Phi) is 3.47. The molecular weight excluding hydrogens is 309 g/mol. The van der Waals surface area contributed by atoms with Crippen molar-refractivity contribution < 1.29 is 13.2 Å². The number of halogens is 3. The second kappa shape index (κ2) is 5.34. The zero-order valence-corrected chi connectivity index (χ0v) is 11.9. The molecule has 0 bridgehead atoms. The molecule has 118 valence electrons. The van der Waals surface area contributed by atoms with Crippen LogP contribution in [-0.4, -0.2) is 24.7 Å². The molecule has 6 nitrogen and oxygen atoms in total. The summed E-state index contributed by atoms with van der Waals surface area (Å²) in [5.74, 6) is 0.210. The fraction of sp³-hybridized carbons (Fsp3) is 0.143. The predicted molar refractivity (Wildman–Crippen MR) is 76.9 cm³/mol. The minimum absolute atomic E-state index is 0.210. The Morgan fingerprint density at radius 2 is 1.83 bits per heavy atom. The SMILES string of the molecule is Cn1cc(-c2nc(-c3ccc(C(F)(F)F)nc3)cnc2N)cn1. The van der Waals surface area contributed by atoms with E-state index in [2.05, 4.69) is 20.1 Å². The van der Waals surface area contributed by atoms with Gasteiger partial charge < -0.3 is 5.73 Å². The fourth-order valence-corrected chi connectivity index (χ4v) is 2.01. The van der Waals surface area contributed by atoms with E-state index in [-0.39, 0.29) is 5.82 Å². The molecule has 9 heteroatoms. The van der Waals surface area contributed by atoms with Crippen LogP contribution in [0.5, 0.6) is 0 Å². The Morgan fingerprint density at radius 3 is 2.39 bits per heavy atom. The first kappa shape index (κ1) is 14.9. The molecule has 0 unspecified atom stereocenters. The normalized spacial score (nSPS) is 11.7. The Morgan fingerprint density at radius 1 is 1.04 bits per heavy atom. The lowest BCUT2D eigenvalue weighted by Gasteiger charge is -2.08. The highest BCUT2D eigenvalue weighted by molar-refractivity contribution is 5.71. The van der Waals surface area contributed by atoms with Crippen molar-refractivity contribution in [3.05, 3.63) is 42.6 Å². The van der Waals surface area contributed by atoms with Gasteiger partial charge in [-0.3, -0.25) is 9.67 Å². The van der Waals surface area contributed by atoms with E-state index >= 15 is 0 Å². The average molecular weight is 320 g/mol. The van der Waals surface area contributed by atoms with Gasteiger partial charge in [0.1, 0.15) is 17.2 Å². The van der Waals surface area contributed by atoms with Crippen molar-refractivity contribution in [3.63, 3.8) is 0 Å². The van der Waals surface area contributed by atoms with Gasteiger partial charge in [-0.15, -0.1) is 0 Å². The lowest BCUT2D eigenvalue weighted by atomic mass is 10.1. The molecule has 3 aromatic heterocycles. The van der Waals surface area contributed by atoms with Crippen LogP contribution in [-0.2, 0) is 13.2 Å². The van der Waals surface area contributed by atoms with Crippen molar-refractivity contribution in [2.24, 2.45) is 7.05 Å². The summed E-state index contributed by atoms with van der Waals surface area (Å²) < 4.78 is 39.2. The number of anilines is 1. The molecule has 0 aliphatic rings. The second-order valence-electron chi connectivity index (χ2n) is 4.82. The van der Waals surface area contributed by atoms with Crippen LogP contribution in [0.25, 0.3) is 22.5 Å². The highest BCUT2D eigenvalue weighted by Gasteiger charge is 2.32. The zero-order valence-electron chi connectivity index (χ0n) is 11.9. The molecule has 0 spiro atoms. The zero-order chi connectivity index (χ0) is 16.6. The van der Waals surface area contributed by atoms with Gasteiger partial charge in [0.25, 0.3) is 0 Å². The summed E-state index contributed by atoms with van der Waals surface area (Å²) in [5.41, 5.74) is 6.72. The van der Waals surface area contributed by atoms with Gasteiger partial charge in [0.2, 0.25) is 0 Å². The summed E-state index contributed by atoms with van der Waals surface area (Å²) in [5, 5.41) is 4.03. The Labute approximate surface area is 128 Å². The molecule has 0 aromatic carbocycles. The standard InChI is InChI=1S/C14H11F3N6/c1-23-7-9(5-21-23)12-13(18)20-6-10(22-12)8-2-3-11(19-4-8)14(15,16)17/h2-7H,1H3,(H2,18,20). The van der Waals surface area contributed by atoms with Gasteiger partial charge in [-0.25, -0.2) is 9.97 Å². The smallest absolute Gasteiger partial charge is 0.382 e. The monoisotopic (exact) mass is 320 g/mol. The number of rotatable bonds is 2. The number of aromatic nitrogens is 5. The molecule has 2 N–H and O–H groups in total. The molecular formula is C14H11F3N6. The molecule has 0 aliphatic heterocycles. The third-order valence-electron chi connectivity index (χ3n) is 3.13. The molecule has 0 saturated carbocycles. The first-order chi connectivity index (χ1) is 10.8. The van der Waals surface area contributed by atoms with Crippen LogP contribution >= 0.6 is 0 Å². The van der Waals surface area contributed by atoms with E-state index in [9.17, 15) is 13.2 Å². The molecule has 0 aliphatic carbocycles. The number of alkyl halides is 3. The van der Waals surface area contributed by atoms with E-state index in [1.165, 1.54) is 12.3 Å². The molecule has 23 heavy (non-hydrogen) atoms. The molecule has 0 saturated heterocycles. The highest BCUT2D eigenvalue weighted by atomic mass is 19.4. The van der Waals surface area contributed by atoms with Crippen LogP contribution in [0.15, 0.2) is 36.9 Å². The molecule has 0 atom stereocenters. The number of pyridine rings is 1. The van der Waals surface area contributed by atoms with Crippen molar-refractivity contribution in [2.75, 3.05) is 5.73 Å². The van der Waals surface area contributed by atoms with Gasteiger partial charge in [0, 0.05) is 30.6 Å². The number of nitrogens with two attached hydrogens (primary N) is 1. The number of hydrogen-bond donors (Lipinski definition) is 1. The predicted octanol–water partition coefficient (Wildman–Crippen LogP) is 2.54. The fourth-order valence-electron chi connectivity index (χ4n) is 2.01. The van der Waals surface area contributed by atoms with Crippen molar-refractivity contribution in [2.45, 2.75) is 6.18 Å². The Hall–Kier alpha value is -2.97. The lowest BCUT2D eigenvalue weighted by molar-refractivity contribution is -0.141. The van der Waals surface area contributed by atoms with E-state index in [0.29, 0.717) is 22.5 Å². The average Bonchev–Trinajstić information content (AvgIpc) is 2.93. The molecule has 0 amide bonds. The van der Waals surface area contributed by atoms with Crippen molar-refractivity contribution in [3.8, 4) is 22.5 Å². The maximum Gasteiger partial charge on any atom is 0.433 e.